The van der Waals surface area contributed by atoms with Crippen LogP contribution in [-0.4, -0.2) is 14.7 Å². The summed E-state index contributed by atoms with van der Waals surface area (Å²) in [4.78, 5) is 3.94. The van der Waals surface area contributed by atoms with Crippen molar-refractivity contribution in [1.82, 2.24) is 9.55 Å². The van der Waals surface area contributed by atoms with E-state index in [9.17, 15) is 5.11 Å². The molecule has 3 heteroatoms. The van der Waals surface area contributed by atoms with Gasteiger partial charge in [-0.15, -0.1) is 0 Å². The fourth-order valence-electron chi connectivity index (χ4n) is 1.25. The molecule has 66 valence electrons. The maximum Gasteiger partial charge on any atom is 0.115 e. The second-order valence-corrected chi connectivity index (χ2v) is 2.90. The predicted octanol–water partition coefficient (Wildman–Crippen LogP) is 1.64. The van der Waals surface area contributed by atoms with E-state index < -0.39 is 0 Å². The summed E-state index contributed by atoms with van der Waals surface area (Å²) in [6, 6.07) is 7.22. The molecule has 2 aromatic rings. The molecule has 1 aromatic carbocycles. The zero-order chi connectivity index (χ0) is 9.10. The fourth-order valence-corrected chi connectivity index (χ4v) is 1.25. The van der Waals surface area contributed by atoms with Crippen LogP contribution in [0.3, 0.4) is 0 Å². The first-order valence-electron chi connectivity index (χ1n) is 4.08. The lowest BCUT2D eigenvalue weighted by Crippen LogP contribution is -1.95. The molecule has 3 nitrogen and oxygen atoms in total. The van der Waals surface area contributed by atoms with Crippen LogP contribution < -0.4 is 0 Å². The molecule has 2 rings (SSSR count). The smallest absolute Gasteiger partial charge is 0.115 e. The van der Waals surface area contributed by atoms with Gasteiger partial charge in [0.2, 0.25) is 0 Å². The van der Waals surface area contributed by atoms with Gasteiger partial charge in [0, 0.05) is 18.9 Å². The van der Waals surface area contributed by atoms with E-state index in [1.54, 1.807) is 24.7 Å². The minimum Gasteiger partial charge on any atom is -0.508 e. The average Bonchev–Trinajstić information content (AvgIpc) is 2.57. The molecule has 0 amide bonds. The Bertz CT molecular complexity index is 382. The van der Waals surface area contributed by atoms with Crippen molar-refractivity contribution in [3.05, 3.63) is 48.5 Å². The lowest BCUT2D eigenvalue weighted by Gasteiger charge is -2.02. The van der Waals surface area contributed by atoms with Gasteiger partial charge in [-0.05, 0) is 17.7 Å². The fraction of sp³-hybridized carbons (Fsp3) is 0.100. The highest BCUT2D eigenvalue weighted by Gasteiger charge is 1.94. The van der Waals surface area contributed by atoms with Gasteiger partial charge in [0.05, 0.1) is 6.33 Å². The molecule has 13 heavy (non-hydrogen) atoms. The van der Waals surface area contributed by atoms with Gasteiger partial charge >= 0.3 is 0 Å². The van der Waals surface area contributed by atoms with Gasteiger partial charge in [-0.3, -0.25) is 0 Å². The summed E-state index contributed by atoms with van der Waals surface area (Å²) in [5.74, 6) is 0.303. The molecule has 0 aliphatic carbocycles. The molecule has 0 bridgehead atoms. The van der Waals surface area contributed by atoms with E-state index >= 15 is 0 Å². The second-order valence-electron chi connectivity index (χ2n) is 2.90. The zero-order valence-electron chi connectivity index (χ0n) is 7.09. The van der Waals surface area contributed by atoms with Crippen molar-refractivity contribution in [2.45, 2.75) is 6.54 Å². The number of imidazole rings is 1. The Morgan fingerprint density at radius 3 is 3.00 bits per heavy atom. The molecule has 0 spiro atoms. The summed E-state index contributed by atoms with van der Waals surface area (Å²) in [5.41, 5.74) is 1.07. The number of aromatic hydroxyl groups is 1. The minimum atomic E-state index is 0.303. The third kappa shape index (κ3) is 1.87. The molecule has 1 N–H and O–H groups in total. The highest BCUT2D eigenvalue weighted by Crippen LogP contribution is 2.11. The number of aromatic nitrogens is 2. The number of benzene rings is 1. The average molecular weight is 174 g/mol. The second kappa shape index (κ2) is 3.31. The van der Waals surface area contributed by atoms with Crippen molar-refractivity contribution >= 4 is 0 Å². The molecule has 0 saturated heterocycles. The first kappa shape index (κ1) is 7.86. The van der Waals surface area contributed by atoms with Crippen LogP contribution in [0.5, 0.6) is 5.75 Å². The number of hydrogen-bond donors (Lipinski definition) is 1. The Balaban J connectivity index is 2.19. The van der Waals surface area contributed by atoms with Gasteiger partial charge < -0.3 is 9.67 Å². The third-order valence-corrected chi connectivity index (χ3v) is 1.83. The van der Waals surface area contributed by atoms with Crippen LogP contribution in [0, 0.1) is 0 Å². The number of nitrogens with zero attached hydrogens (tertiary/aromatic N) is 2. The lowest BCUT2D eigenvalue weighted by molar-refractivity contribution is 0.474. The number of rotatable bonds is 2. The lowest BCUT2D eigenvalue weighted by atomic mass is 10.2. The number of hydrogen-bond acceptors (Lipinski definition) is 2. The number of phenols is 1. The van der Waals surface area contributed by atoms with E-state index in [1.807, 2.05) is 22.9 Å². The molecule has 0 fully saturated rings. The normalized spacial score (nSPS) is 10.2. The van der Waals surface area contributed by atoms with Crippen LogP contribution in [0.2, 0.25) is 0 Å². The van der Waals surface area contributed by atoms with Crippen LogP contribution in [0.25, 0.3) is 0 Å². The molecule has 0 atom stereocenters. The van der Waals surface area contributed by atoms with Gasteiger partial charge in [0.1, 0.15) is 5.75 Å². The Hall–Kier alpha value is -1.77. The van der Waals surface area contributed by atoms with Gasteiger partial charge in [-0.25, -0.2) is 4.98 Å². The molecule has 1 heterocycles. The van der Waals surface area contributed by atoms with E-state index in [4.69, 9.17) is 0 Å². The van der Waals surface area contributed by atoms with E-state index in [1.165, 1.54) is 0 Å². The van der Waals surface area contributed by atoms with Crippen LogP contribution in [0.4, 0.5) is 0 Å². The van der Waals surface area contributed by atoms with E-state index in [0.717, 1.165) is 12.1 Å². The first-order chi connectivity index (χ1) is 6.34. The SMILES string of the molecule is Oc1cccc(Cn2ccnc2)c1. The maximum absolute atomic E-state index is 9.22. The van der Waals surface area contributed by atoms with Crippen molar-refractivity contribution in [1.29, 1.82) is 0 Å². The monoisotopic (exact) mass is 174 g/mol. The van der Waals surface area contributed by atoms with Gasteiger partial charge in [0.15, 0.2) is 0 Å². The predicted molar refractivity (Wildman–Crippen MR) is 49.4 cm³/mol. The molecular formula is C10H10N2O. The first-order valence-corrected chi connectivity index (χ1v) is 4.08. The van der Waals surface area contributed by atoms with Crippen LogP contribution in [0.1, 0.15) is 5.56 Å². The standard InChI is InChI=1S/C10H10N2O/c13-10-3-1-2-9(6-10)7-12-5-4-11-8-12/h1-6,8,13H,7H2. The quantitative estimate of drug-likeness (QED) is 0.751. The van der Waals surface area contributed by atoms with E-state index in [0.29, 0.717) is 5.75 Å². The zero-order valence-corrected chi connectivity index (χ0v) is 7.09. The van der Waals surface area contributed by atoms with E-state index in [2.05, 4.69) is 4.98 Å². The van der Waals surface area contributed by atoms with Crippen molar-refractivity contribution in [3.63, 3.8) is 0 Å². The summed E-state index contributed by atoms with van der Waals surface area (Å²) in [7, 11) is 0. The third-order valence-electron chi connectivity index (χ3n) is 1.83. The molecular weight excluding hydrogens is 164 g/mol. The summed E-state index contributed by atoms with van der Waals surface area (Å²) < 4.78 is 1.95. The Morgan fingerprint density at radius 1 is 1.38 bits per heavy atom. The topological polar surface area (TPSA) is 38.0 Å². The van der Waals surface area contributed by atoms with Crippen LogP contribution in [-0.2, 0) is 6.54 Å². The van der Waals surface area contributed by atoms with Gasteiger partial charge in [0.25, 0.3) is 0 Å². The Kier molecular flexibility index (Phi) is 2.00. The van der Waals surface area contributed by atoms with Gasteiger partial charge in [-0.2, -0.15) is 0 Å². The van der Waals surface area contributed by atoms with Crippen molar-refractivity contribution in [2.75, 3.05) is 0 Å². The molecule has 0 radical (unpaired) electrons. The van der Waals surface area contributed by atoms with Crippen molar-refractivity contribution in [3.8, 4) is 5.75 Å². The van der Waals surface area contributed by atoms with E-state index in [-0.39, 0.29) is 0 Å². The van der Waals surface area contributed by atoms with Crippen LogP contribution in [0.15, 0.2) is 43.0 Å². The maximum atomic E-state index is 9.22. The van der Waals surface area contributed by atoms with Crippen molar-refractivity contribution < 1.29 is 5.11 Å². The number of phenolic OH excluding ortho intramolecular Hbond substituents is 1. The Labute approximate surface area is 76.3 Å². The summed E-state index contributed by atoms with van der Waals surface area (Å²) in [6.45, 7) is 0.744. The molecule has 0 aliphatic rings. The highest BCUT2D eigenvalue weighted by molar-refractivity contribution is 5.27. The summed E-state index contributed by atoms with van der Waals surface area (Å²) in [6.07, 6.45) is 5.39. The molecule has 0 aliphatic heterocycles. The van der Waals surface area contributed by atoms with Crippen molar-refractivity contribution in [2.24, 2.45) is 0 Å². The molecule has 0 saturated carbocycles. The Morgan fingerprint density at radius 2 is 2.31 bits per heavy atom. The molecule has 1 aromatic heterocycles. The van der Waals surface area contributed by atoms with Gasteiger partial charge in [-0.1, -0.05) is 12.1 Å². The summed E-state index contributed by atoms with van der Waals surface area (Å²) in [5, 5.41) is 9.22. The minimum absolute atomic E-state index is 0.303. The summed E-state index contributed by atoms with van der Waals surface area (Å²) >= 11 is 0. The highest BCUT2D eigenvalue weighted by atomic mass is 16.3. The largest absolute Gasteiger partial charge is 0.508 e. The van der Waals surface area contributed by atoms with Crippen LogP contribution >= 0.6 is 0 Å². The molecule has 0 unspecified atom stereocenters.